The number of methoxy groups -OCH3 is 2. The smallest absolute Gasteiger partial charge is 0.277 e. The Labute approximate surface area is 137 Å². The standard InChI is InChI=1S/C14H16N2O4S2/c1-18-11-5-4-9(6-12(11)19-2)10(17)7-22-14-16-15-13(20-14)8-21-3/h4-6H,7-8H2,1-3H3. The maximum atomic E-state index is 12.2. The molecule has 0 spiro atoms. The molecule has 0 aliphatic heterocycles. The third-order valence-corrected chi connectivity index (χ3v) is 4.10. The van der Waals surface area contributed by atoms with Crippen molar-refractivity contribution < 1.29 is 18.7 Å². The summed E-state index contributed by atoms with van der Waals surface area (Å²) in [5.74, 6) is 2.51. The summed E-state index contributed by atoms with van der Waals surface area (Å²) < 4.78 is 15.8. The quantitative estimate of drug-likeness (QED) is 0.536. The number of hydrogen-bond acceptors (Lipinski definition) is 8. The van der Waals surface area contributed by atoms with Crippen molar-refractivity contribution in [2.45, 2.75) is 11.0 Å². The van der Waals surface area contributed by atoms with Gasteiger partial charge in [0.15, 0.2) is 17.3 Å². The lowest BCUT2D eigenvalue weighted by molar-refractivity contribution is 0.102. The summed E-state index contributed by atoms with van der Waals surface area (Å²) in [5, 5.41) is 8.20. The number of aromatic nitrogens is 2. The maximum absolute atomic E-state index is 12.2. The van der Waals surface area contributed by atoms with Crippen LogP contribution in [0.1, 0.15) is 16.2 Å². The van der Waals surface area contributed by atoms with E-state index in [1.165, 1.54) is 18.9 Å². The second kappa shape index (κ2) is 8.09. The van der Waals surface area contributed by atoms with Crippen LogP contribution in [0.2, 0.25) is 0 Å². The van der Waals surface area contributed by atoms with Crippen LogP contribution in [0.5, 0.6) is 11.5 Å². The van der Waals surface area contributed by atoms with Gasteiger partial charge in [0.1, 0.15) is 0 Å². The molecule has 0 fully saturated rings. The van der Waals surface area contributed by atoms with Gasteiger partial charge >= 0.3 is 0 Å². The van der Waals surface area contributed by atoms with E-state index in [0.29, 0.717) is 33.9 Å². The summed E-state index contributed by atoms with van der Waals surface area (Å²) in [7, 11) is 3.09. The van der Waals surface area contributed by atoms with Crippen LogP contribution >= 0.6 is 23.5 Å². The van der Waals surface area contributed by atoms with Crippen molar-refractivity contribution >= 4 is 29.3 Å². The minimum absolute atomic E-state index is 0.0458. The van der Waals surface area contributed by atoms with E-state index in [9.17, 15) is 4.79 Å². The average Bonchev–Trinajstić information content (AvgIpc) is 2.99. The number of nitrogens with zero attached hydrogens (tertiary/aromatic N) is 2. The van der Waals surface area contributed by atoms with Crippen molar-refractivity contribution in [3.63, 3.8) is 0 Å². The van der Waals surface area contributed by atoms with Crippen molar-refractivity contribution in [3.05, 3.63) is 29.7 Å². The molecule has 1 aromatic heterocycles. The summed E-state index contributed by atoms with van der Waals surface area (Å²) in [6.07, 6.45) is 1.96. The molecule has 22 heavy (non-hydrogen) atoms. The van der Waals surface area contributed by atoms with Crippen LogP contribution < -0.4 is 9.47 Å². The number of ether oxygens (including phenoxy) is 2. The minimum atomic E-state index is -0.0458. The molecule has 8 heteroatoms. The van der Waals surface area contributed by atoms with Gasteiger partial charge < -0.3 is 13.9 Å². The van der Waals surface area contributed by atoms with Gasteiger partial charge in [-0.1, -0.05) is 11.8 Å². The van der Waals surface area contributed by atoms with Gasteiger partial charge in [-0.15, -0.1) is 10.2 Å². The van der Waals surface area contributed by atoms with Crippen molar-refractivity contribution in [3.8, 4) is 11.5 Å². The van der Waals surface area contributed by atoms with Gasteiger partial charge in [-0.2, -0.15) is 11.8 Å². The zero-order valence-corrected chi connectivity index (χ0v) is 14.1. The fourth-order valence-corrected chi connectivity index (χ4v) is 2.74. The van der Waals surface area contributed by atoms with Crippen molar-refractivity contribution in [2.75, 3.05) is 26.2 Å². The highest BCUT2D eigenvalue weighted by atomic mass is 32.2. The molecular formula is C14H16N2O4S2. The van der Waals surface area contributed by atoms with Gasteiger partial charge in [0.25, 0.3) is 5.22 Å². The molecule has 0 aliphatic rings. The van der Waals surface area contributed by atoms with Crippen LogP contribution in [-0.2, 0) is 5.75 Å². The molecular weight excluding hydrogens is 324 g/mol. The molecule has 0 amide bonds. The molecule has 0 saturated carbocycles. The first-order chi connectivity index (χ1) is 10.7. The molecule has 0 unspecified atom stereocenters. The van der Waals surface area contributed by atoms with E-state index in [0.717, 1.165) is 0 Å². The highest BCUT2D eigenvalue weighted by molar-refractivity contribution is 7.99. The fourth-order valence-electron chi connectivity index (χ4n) is 1.70. The summed E-state index contributed by atoms with van der Waals surface area (Å²) in [6, 6.07) is 5.08. The molecule has 0 N–H and O–H groups in total. The molecule has 118 valence electrons. The van der Waals surface area contributed by atoms with Crippen LogP contribution in [0.3, 0.4) is 0 Å². The van der Waals surface area contributed by atoms with Crippen molar-refractivity contribution in [1.29, 1.82) is 0 Å². The molecule has 0 saturated heterocycles. The van der Waals surface area contributed by atoms with Crippen LogP contribution in [0, 0.1) is 0 Å². The predicted octanol–water partition coefficient (Wildman–Crippen LogP) is 2.92. The number of carbonyl (C=O) groups is 1. The Bertz CT molecular complexity index is 646. The SMILES string of the molecule is COc1ccc(C(=O)CSc2nnc(CSC)o2)cc1OC. The van der Waals surface area contributed by atoms with E-state index in [-0.39, 0.29) is 11.5 Å². The molecule has 1 heterocycles. The number of Topliss-reactive ketones (excluding diaryl/α,β-unsaturated/α-hetero) is 1. The molecule has 2 aromatic rings. The lowest BCUT2D eigenvalue weighted by Crippen LogP contribution is -2.03. The van der Waals surface area contributed by atoms with E-state index in [1.54, 1.807) is 37.1 Å². The van der Waals surface area contributed by atoms with E-state index >= 15 is 0 Å². The largest absolute Gasteiger partial charge is 0.493 e. The van der Waals surface area contributed by atoms with E-state index in [2.05, 4.69) is 10.2 Å². The van der Waals surface area contributed by atoms with Crippen molar-refractivity contribution in [2.24, 2.45) is 0 Å². The fraction of sp³-hybridized carbons (Fsp3) is 0.357. The topological polar surface area (TPSA) is 74.5 Å². The molecule has 6 nitrogen and oxygen atoms in total. The first kappa shape index (κ1) is 16.7. The van der Waals surface area contributed by atoms with Gasteiger partial charge in [-0.3, -0.25) is 4.79 Å². The number of hydrogen-bond donors (Lipinski definition) is 0. The second-order valence-electron chi connectivity index (χ2n) is 4.18. The molecule has 0 bridgehead atoms. The van der Waals surface area contributed by atoms with Crippen LogP contribution in [0.4, 0.5) is 0 Å². The zero-order valence-electron chi connectivity index (χ0n) is 12.5. The van der Waals surface area contributed by atoms with Gasteiger partial charge in [-0.05, 0) is 24.5 Å². The number of carbonyl (C=O) groups excluding carboxylic acids is 1. The molecule has 0 atom stereocenters. The average molecular weight is 340 g/mol. The van der Waals surface area contributed by atoms with Crippen molar-refractivity contribution in [1.82, 2.24) is 10.2 Å². The summed E-state index contributed by atoms with van der Waals surface area (Å²) in [4.78, 5) is 12.2. The lowest BCUT2D eigenvalue weighted by Gasteiger charge is -2.08. The van der Waals surface area contributed by atoms with E-state index < -0.39 is 0 Å². The van der Waals surface area contributed by atoms with Gasteiger partial charge in [-0.25, -0.2) is 0 Å². The molecule has 2 rings (SSSR count). The number of thioether (sulfide) groups is 2. The second-order valence-corrected chi connectivity index (χ2v) is 5.97. The summed E-state index contributed by atoms with van der Waals surface area (Å²) >= 11 is 2.82. The van der Waals surface area contributed by atoms with Gasteiger partial charge in [0, 0.05) is 5.56 Å². The molecule has 0 radical (unpaired) electrons. The minimum Gasteiger partial charge on any atom is -0.493 e. The van der Waals surface area contributed by atoms with E-state index in [1.807, 2.05) is 6.26 Å². The van der Waals surface area contributed by atoms with Gasteiger partial charge in [0.05, 0.1) is 25.7 Å². The normalized spacial score (nSPS) is 10.5. The number of rotatable bonds is 8. The Hall–Kier alpha value is -1.67. The Morgan fingerprint density at radius 3 is 2.68 bits per heavy atom. The first-order valence-electron chi connectivity index (χ1n) is 6.37. The van der Waals surface area contributed by atoms with E-state index in [4.69, 9.17) is 13.9 Å². The Morgan fingerprint density at radius 2 is 2.00 bits per heavy atom. The maximum Gasteiger partial charge on any atom is 0.277 e. The Kier molecular flexibility index (Phi) is 6.14. The summed E-state index contributed by atoms with van der Waals surface area (Å²) in [5.41, 5.74) is 0.550. The molecule has 1 aromatic carbocycles. The Balaban J connectivity index is 1.99. The summed E-state index contributed by atoms with van der Waals surface area (Å²) in [6.45, 7) is 0. The zero-order chi connectivity index (χ0) is 15.9. The number of ketones is 1. The Morgan fingerprint density at radius 1 is 1.23 bits per heavy atom. The highest BCUT2D eigenvalue weighted by Gasteiger charge is 2.13. The molecule has 0 aliphatic carbocycles. The third kappa shape index (κ3) is 4.17. The number of benzene rings is 1. The monoisotopic (exact) mass is 340 g/mol. The highest BCUT2D eigenvalue weighted by Crippen LogP contribution is 2.28. The third-order valence-electron chi connectivity index (χ3n) is 2.75. The van der Waals surface area contributed by atoms with Crippen LogP contribution in [-0.4, -0.2) is 42.2 Å². The predicted molar refractivity (Wildman–Crippen MR) is 86.1 cm³/mol. The first-order valence-corrected chi connectivity index (χ1v) is 8.75. The van der Waals surface area contributed by atoms with Crippen LogP contribution in [0.25, 0.3) is 0 Å². The van der Waals surface area contributed by atoms with Crippen LogP contribution in [0.15, 0.2) is 27.8 Å². The van der Waals surface area contributed by atoms with Gasteiger partial charge in [0.2, 0.25) is 5.89 Å². The lowest BCUT2D eigenvalue weighted by atomic mass is 10.1.